The van der Waals surface area contributed by atoms with E-state index in [0.717, 1.165) is 18.8 Å². The third kappa shape index (κ3) is 2.63. The van der Waals surface area contributed by atoms with E-state index >= 15 is 0 Å². The SMILES string of the molecule is COc1ccc(CN(C)CCN)c2ccccc12. The van der Waals surface area contributed by atoms with Crippen LogP contribution < -0.4 is 10.5 Å². The van der Waals surface area contributed by atoms with Crippen molar-refractivity contribution >= 4 is 10.8 Å². The number of nitrogens with zero attached hydrogens (tertiary/aromatic N) is 1. The number of methoxy groups -OCH3 is 1. The molecule has 2 N–H and O–H groups in total. The summed E-state index contributed by atoms with van der Waals surface area (Å²) in [6.07, 6.45) is 0. The summed E-state index contributed by atoms with van der Waals surface area (Å²) in [5.74, 6) is 0.927. The van der Waals surface area contributed by atoms with Gasteiger partial charge in [0.2, 0.25) is 0 Å². The van der Waals surface area contributed by atoms with Gasteiger partial charge in [-0.15, -0.1) is 0 Å². The summed E-state index contributed by atoms with van der Waals surface area (Å²) >= 11 is 0. The van der Waals surface area contributed by atoms with Crippen LogP contribution in [0, 0.1) is 0 Å². The lowest BCUT2D eigenvalue weighted by molar-refractivity contribution is 0.337. The van der Waals surface area contributed by atoms with Crippen molar-refractivity contribution in [1.82, 2.24) is 4.90 Å². The maximum absolute atomic E-state index is 5.58. The van der Waals surface area contributed by atoms with Gasteiger partial charge in [-0.1, -0.05) is 30.3 Å². The molecule has 3 nitrogen and oxygen atoms in total. The summed E-state index contributed by atoms with van der Waals surface area (Å²) in [6, 6.07) is 12.5. The number of hydrogen-bond donors (Lipinski definition) is 1. The minimum atomic E-state index is 0.685. The largest absolute Gasteiger partial charge is 0.496 e. The molecule has 2 aromatic rings. The number of fused-ring (bicyclic) bond motifs is 1. The average molecular weight is 244 g/mol. The molecule has 0 amide bonds. The minimum Gasteiger partial charge on any atom is -0.496 e. The van der Waals surface area contributed by atoms with E-state index in [9.17, 15) is 0 Å². The number of benzene rings is 2. The molecule has 0 bridgehead atoms. The van der Waals surface area contributed by atoms with Crippen LogP contribution in [-0.2, 0) is 6.54 Å². The summed E-state index contributed by atoms with van der Waals surface area (Å²) in [5.41, 5.74) is 6.89. The average Bonchev–Trinajstić information content (AvgIpc) is 2.39. The van der Waals surface area contributed by atoms with Crippen LogP contribution in [0.15, 0.2) is 36.4 Å². The molecule has 0 saturated carbocycles. The Hall–Kier alpha value is -1.58. The summed E-state index contributed by atoms with van der Waals surface area (Å²) in [6.45, 7) is 2.49. The van der Waals surface area contributed by atoms with Crippen LogP contribution in [0.25, 0.3) is 10.8 Å². The van der Waals surface area contributed by atoms with Crippen LogP contribution in [0.3, 0.4) is 0 Å². The van der Waals surface area contributed by atoms with Crippen molar-refractivity contribution < 1.29 is 4.74 Å². The second-order valence-electron chi connectivity index (χ2n) is 4.50. The molecule has 96 valence electrons. The maximum Gasteiger partial charge on any atom is 0.126 e. The first-order chi connectivity index (χ1) is 8.76. The fourth-order valence-electron chi connectivity index (χ4n) is 2.24. The van der Waals surface area contributed by atoms with Crippen LogP contribution in [0.1, 0.15) is 5.56 Å². The van der Waals surface area contributed by atoms with Crippen molar-refractivity contribution in [3.8, 4) is 5.75 Å². The molecule has 0 aliphatic heterocycles. The van der Waals surface area contributed by atoms with E-state index in [2.05, 4.69) is 36.2 Å². The molecule has 0 saturated heterocycles. The van der Waals surface area contributed by atoms with Gasteiger partial charge < -0.3 is 15.4 Å². The first kappa shape index (κ1) is 12.9. The Kier molecular flexibility index (Phi) is 4.18. The standard InChI is InChI=1S/C15H20N2O/c1-17(10-9-16)11-12-7-8-15(18-2)14-6-4-3-5-13(12)14/h3-8H,9-11,16H2,1-2H3. The summed E-state index contributed by atoms with van der Waals surface area (Å²) < 4.78 is 5.40. The normalized spacial score (nSPS) is 11.1. The predicted molar refractivity (Wildman–Crippen MR) is 75.9 cm³/mol. The van der Waals surface area contributed by atoms with Crippen molar-refractivity contribution in [2.75, 3.05) is 27.2 Å². The van der Waals surface area contributed by atoms with Gasteiger partial charge in [-0.2, -0.15) is 0 Å². The van der Waals surface area contributed by atoms with Crippen molar-refractivity contribution in [2.45, 2.75) is 6.54 Å². The molecule has 0 aliphatic carbocycles. The van der Waals surface area contributed by atoms with Crippen molar-refractivity contribution in [1.29, 1.82) is 0 Å². The fraction of sp³-hybridized carbons (Fsp3) is 0.333. The van der Waals surface area contributed by atoms with Gasteiger partial charge >= 0.3 is 0 Å². The summed E-state index contributed by atoms with van der Waals surface area (Å²) in [5, 5.41) is 2.42. The van der Waals surface area contributed by atoms with Gasteiger partial charge in [-0.25, -0.2) is 0 Å². The van der Waals surface area contributed by atoms with Gasteiger partial charge in [-0.05, 0) is 24.1 Å². The predicted octanol–water partition coefficient (Wildman–Crippen LogP) is 2.24. The van der Waals surface area contributed by atoms with Crippen LogP contribution >= 0.6 is 0 Å². The number of ether oxygens (including phenoxy) is 1. The highest BCUT2D eigenvalue weighted by Gasteiger charge is 2.07. The zero-order chi connectivity index (χ0) is 13.0. The molecular weight excluding hydrogens is 224 g/mol. The van der Waals surface area contributed by atoms with E-state index in [4.69, 9.17) is 10.5 Å². The van der Waals surface area contributed by atoms with Gasteiger partial charge in [0, 0.05) is 25.0 Å². The molecule has 0 fully saturated rings. The van der Waals surface area contributed by atoms with Crippen molar-refractivity contribution in [3.05, 3.63) is 42.0 Å². The maximum atomic E-state index is 5.58. The highest BCUT2D eigenvalue weighted by molar-refractivity contribution is 5.91. The van der Waals surface area contributed by atoms with Crippen LogP contribution in [0.5, 0.6) is 5.75 Å². The molecular formula is C15H20N2O. The zero-order valence-electron chi connectivity index (χ0n) is 11.0. The Morgan fingerprint density at radius 2 is 1.83 bits per heavy atom. The number of hydrogen-bond acceptors (Lipinski definition) is 3. The molecule has 3 heteroatoms. The van der Waals surface area contributed by atoms with Crippen LogP contribution in [-0.4, -0.2) is 32.1 Å². The van der Waals surface area contributed by atoms with E-state index in [1.54, 1.807) is 7.11 Å². The summed E-state index contributed by atoms with van der Waals surface area (Å²) in [7, 11) is 3.80. The van der Waals surface area contributed by atoms with Gasteiger partial charge in [0.25, 0.3) is 0 Å². The molecule has 0 atom stereocenters. The van der Waals surface area contributed by atoms with Crippen LogP contribution in [0.2, 0.25) is 0 Å². The lowest BCUT2D eigenvalue weighted by Crippen LogP contribution is -2.25. The topological polar surface area (TPSA) is 38.5 Å². The summed E-state index contributed by atoms with van der Waals surface area (Å²) in [4.78, 5) is 2.23. The molecule has 0 aromatic heterocycles. The number of nitrogens with two attached hydrogens (primary N) is 1. The first-order valence-electron chi connectivity index (χ1n) is 6.19. The molecule has 2 rings (SSSR count). The monoisotopic (exact) mass is 244 g/mol. The fourth-order valence-corrected chi connectivity index (χ4v) is 2.24. The smallest absolute Gasteiger partial charge is 0.126 e. The number of likely N-dealkylation sites (N-methyl/N-ethyl adjacent to an activating group) is 1. The molecule has 0 radical (unpaired) electrons. The van der Waals surface area contributed by atoms with Crippen molar-refractivity contribution in [3.63, 3.8) is 0 Å². The lowest BCUT2D eigenvalue weighted by Gasteiger charge is -2.17. The third-order valence-electron chi connectivity index (χ3n) is 3.15. The molecule has 18 heavy (non-hydrogen) atoms. The van der Waals surface area contributed by atoms with E-state index in [-0.39, 0.29) is 0 Å². The van der Waals surface area contributed by atoms with E-state index in [1.807, 2.05) is 12.1 Å². The molecule has 0 unspecified atom stereocenters. The van der Waals surface area contributed by atoms with Gasteiger partial charge in [0.05, 0.1) is 7.11 Å². The quantitative estimate of drug-likeness (QED) is 0.876. The lowest BCUT2D eigenvalue weighted by atomic mass is 10.0. The second kappa shape index (κ2) is 5.85. The molecule has 2 aromatic carbocycles. The molecule has 0 heterocycles. The molecule has 0 spiro atoms. The zero-order valence-corrected chi connectivity index (χ0v) is 11.0. The van der Waals surface area contributed by atoms with Gasteiger partial charge in [0.1, 0.15) is 5.75 Å². The van der Waals surface area contributed by atoms with E-state index in [0.29, 0.717) is 6.54 Å². The Labute approximate surface area is 108 Å². The Morgan fingerprint density at radius 1 is 1.11 bits per heavy atom. The Bertz CT molecular complexity index is 525. The van der Waals surface area contributed by atoms with Gasteiger partial charge in [-0.3, -0.25) is 0 Å². The molecule has 0 aliphatic rings. The third-order valence-corrected chi connectivity index (χ3v) is 3.15. The highest BCUT2D eigenvalue weighted by Crippen LogP contribution is 2.28. The Balaban J connectivity index is 2.40. The van der Waals surface area contributed by atoms with E-state index in [1.165, 1.54) is 16.3 Å². The Morgan fingerprint density at radius 3 is 2.50 bits per heavy atom. The minimum absolute atomic E-state index is 0.685. The highest BCUT2D eigenvalue weighted by atomic mass is 16.5. The first-order valence-corrected chi connectivity index (χ1v) is 6.19. The second-order valence-corrected chi connectivity index (χ2v) is 4.50. The van der Waals surface area contributed by atoms with E-state index < -0.39 is 0 Å². The number of rotatable bonds is 5. The van der Waals surface area contributed by atoms with Gasteiger partial charge in [0.15, 0.2) is 0 Å². The van der Waals surface area contributed by atoms with Crippen molar-refractivity contribution in [2.24, 2.45) is 5.73 Å². The van der Waals surface area contributed by atoms with Crippen LogP contribution in [0.4, 0.5) is 0 Å².